The molecule has 5 aliphatic rings. The fourth-order valence-corrected chi connectivity index (χ4v) is 7.19. The smallest absolute Gasteiger partial charge is 0.780 e. The Morgan fingerprint density at radius 3 is 2.28 bits per heavy atom. The van der Waals surface area contributed by atoms with Crippen LogP contribution in [0.3, 0.4) is 0 Å². The minimum atomic E-state index is -5.16. The van der Waals surface area contributed by atoms with Crippen molar-refractivity contribution in [1.82, 2.24) is 0 Å². The average molecular weight is 461 g/mol. The van der Waals surface area contributed by atoms with Crippen molar-refractivity contribution in [2.24, 2.45) is 17.8 Å². The molecular formula is C18H20ClNa2O7P. The maximum Gasteiger partial charge on any atom is 1.00 e. The van der Waals surface area contributed by atoms with E-state index in [-0.39, 0.29) is 81.6 Å². The second-order valence-electron chi connectivity index (χ2n) is 8.34. The number of phosphoric ester groups is 1. The Labute approximate surface area is 218 Å². The zero-order chi connectivity index (χ0) is 19.1. The minimum absolute atomic E-state index is 0. The monoisotopic (exact) mass is 460 g/mol. The predicted octanol–water partition coefficient (Wildman–Crippen LogP) is -3.78. The Kier molecular flexibility index (Phi) is 7.13. The maximum atomic E-state index is 11.0. The Morgan fingerprint density at radius 2 is 1.79 bits per heavy atom. The molecule has 1 saturated heterocycles. The molecule has 4 aliphatic carbocycles. The molecule has 5 fully saturated rings. The number of phosphoric acid groups is 1. The summed E-state index contributed by atoms with van der Waals surface area (Å²) >= 11 is 6.86. The number of rotatable bonds is 4. The van der Waals surface area contributed by atoms with E-state index in [0.717, 1.165) is 32.1 Å². The van der Waals surface area contributed by atoms with Gasteiger partial charge in [0.1, 0.15) is 13.6 Å². The summed E-state index contributed by atoms with van der Waals surface area (Å²) < 4.78 is 21.4. The van der Waals surface area contributed by atoms with E-state index in [9.17, 15) is 14.4 Å². The van der Waals surface area contributed by atoms with Crippen molar-refractivity contribution in [3.05, 3.63) is 29.8 Å². The molecule has 0 amide bonds. The Balaban J connectivity index is 0.00000120. The van der Waals surface area contributed by atoms with Crippen LogP contribution < -0.4 is 73.4 Å². The van der Waals surface area contributed by atoms with Gasteiger partial charge >= 0.3 is 59.1 Å². The van der Waals surface area contributed by atoms with Gasteiger partial charge in [0.2, 0.25) is 0 Å². The van der Waals surface area contributed by atoms with Gasteiger partial charge in [-0.15, -0.1) is 11.6 Å². The summed E-state index contributed by atoms with van der Waals surface area (Å²) in [6, 6.07) is 6.25. The van der Waals surface area contributed by atoms with Crippen LogP contribution >= 0.6 is 19.4 Å². The average Bonchev–Trinajstić information content (AvgIpc) is 2.52. The van der Waals surface area contributed by atoms with Crippen LogP contribution in [0.1, 0.15) is 37.7 Å². The molecule has 4 bridgehead atoms. The zero-order valence-electron chi connectivity index (χ0n) is 16.8. The van der Waals surface area contributed by atoms with Crippen molar-refractivity contribution in [1.29, 1.82) is 0 Å². The van der Waals surface area contributed by atoms with Gasteiger partial charge < -0.3 is 23.6 Å². The van der Waals surface area contributed by atoms with E-state index < -0.39 is 19.2 Å². The minimum Gasteiger partial charge on any atom is -0.780 e. The second-order valence-corrected chi connectivity index (χ2v) is 10.2. The van der Waals surface area contributed by atoms with Crippen molar-refractivity contribution in [3.8, 4) is 5.75 Å². The van der Waals surface area contributed by atoms with Crippen molar-refractivity contribution >= 4 is 19.4 Å². The third-order valence-electron chi connectivity index (χ3n) is 6.86. The number of benzene rings is 1. The predicted molar refractivity (Wildman–Crippen MR) is 90.4 cm³/mol. The molecule has 6 rings (SSSR count). The molecule has 4 saturated carbocycles. The normalized spacial score (nSPS) is 42.0. The van der Waals surface area contributed by atoms with Gasteiger partial charge in [0.05, 0.1) is 0 Å². The number of halogens is 1. The van der Waals surface area contributed by atoms with Crippen LogP contribution in [-0.2, 0) is 24.9 Å². The summed E-state index contributed by atoms with van der Waals surface area (Å²) in [5.74, 6) is -0.293. The summed E-state index contributed by atoms with van der Waals surface area (Å²) in [7, 11) is -3.61. The summed E-state index contributed by atoms with van der Waals surface area (Å²) in [4.78, 5) is 33.3. The van der Waals surface area contributed by atoms with Gasteiger partial charge in [0.15, 0.2) is 5.60 Å². The maximum absolute atomic E-state index is 11.0. The Morgan fingerprint density at radius 1 is 1.14 bits per heavy atom. The molecule has 7 nitrogen and oxygen atoms in total. The van der Waals surface area contributed by atoms with E-state index in [2.05, 4.69) is 4.52 Å². The van der Waals surface area contributed by atoms with E-state index in [0.29, 0.717) is 11.5 Å². The molecule has 1 aliphatic heterocycles. The Bertz CT molecular complexity index is 816. The third-order valence-corrected chi connectivity index (χ3v) is 7.76. The summed E-state index contributed by atoms with van der Waals surface area (Å²) in [6.45, 7) is 0. The van der Waals surface area contributed by atoms with Crippen LogP contribution in [-0.4, -0.2) is 17.6 Å². The molecule has 1 spiro atoms. The molecule has 11 heteroatoms. The van der Waals surface area contributed by atoms with Crippen LogP contribution in [0.5, 0.6) is 5.75 Å². The first-order chi connectivity index (χ1) is 12.7. The zero-order valence-corrected chi connectivity index (χ0v) is 22.4. The van der Waals surface area contributed by atoms with Gasteiger partial charge in [-0.3, -0.25) is 0 Å². The molecule has 0 radical (unpaired) electrons. The van der Waals surface area contributed by atoms with E-state index in [1.165, 1.54) is 12.1 Å². The molecule has 5 unspecified atom stereocenters. The van der Waals surface area contributed by atoms with Crippen LogP contribution in [0, 0.1) is 17.8 Å². The van der Waals surface area contributed by atoms with Gasteiger partial charge in [0, 0.05) is 17.5 Å². The van der Waals surface area contributed by atoms with Crippen molar-refractivity contribution in [2.75, 3.05) is 7.11 Å². The van der Waals surface area contributed by atoms with Gasteiger partial charge in [-0.25, -0.2) is 4.89 Å². The number of hydrogen-bond donors (Lipinski definition) is 0. The standard InChI is InChI=1S/C18H22ClO7P.2Na/c1-23-18(12-3-2-4-15(7-12)24-27(20,21)22)17(25-26-18)13-5-11-6-14(17)10-16(19,8-11)9-13;;/h2-4,7,11,13-14H,5-6,8-10H2,1H3,(H2,20,21,22);;/q;2*+1/p-2/t11?,13-,14?,16?,17?,18?;;/m1../s1. The number of methoxy groups -OCH3 is 1. The quantitative estimate of drug-likeness (QED) is 0.197. The number of alkyl halides is 1. The van der Waals surface area contributed by atoms with E-state index in [1.807, 2.05) is 0 Å². The largest absolute Gasteiger partial charge is 1.00 e. The number of ether oxygens (including phenoxy) is 1. The second kappa shape index (κ2) is 8.28. The summed E-state index contributed by atoms with van der Waals surface area (Å²) in [5, 5.41) is 0. The van der Waals surface area contributed by atoms with Crippen molar-refractivity contribution < 1.29 is 92.5 Å². The fourth-order valence-electron chi connectivity index (χ4n) is 6.23. The number of hydrogen-bond acceptors (Lipinski definition) is 7. The Hall–Kier alpha value is 1.34. The third kappa shape index (κ3) is 3.76. The fraction of sp³-hybridized carbons (Fsp3) is 0.667. The van der Waals surface area contributed by atoms with Crippen LogP contribution in [0.25, 0.3) is 0 Å². The first kappa shape index (κ1) is 25.0. The molecule has 29 heavy (non-hydrogen) atoms. The molecule has 1 heterocycles. The first-order valence-corrected chi connectivity index (χ1v) is 11.0. The molecule has 1 aromatic carbocycles. The van der Waals surface area contributed by atoms with Crippen LogP contribution in [0.15, 0.2) is 24.3 Å². The van der Waals surface area contributed by atoms with Gasteiger partial charge in [0.25, 0.3) is 5.79 Å². The van der Waals surface area contributed by atoms with Crippen LogP contribution in [0.4, 0.5) is 0 Å². The van der Waals surface area contributed by atoms with Gasteiger partial charge in [-0.05, 0) is 62.0 Å². The molecule has 148 valence electrons. The molecule has 6 atom stereocenters. The van der Waals surface area contributed by atoms with E-state index in [1.54, 1.807) is 19.2 Å². The molecule has 1 aromatic rings. The van der Waals surface area contributed by atoms with Crippen molar-refractivity contribution in [2.45, 2.75) is 48.4 Å². The SMILES string of the molecule is COC1(c2cccc(OP(=O)([O-])[O-])c2)OOC12C1CC3C[C@@H]2CC(Cl)(C3)C1.[Na+].[Na+]. The van der Waals surface area contributed by atoms with Crippen molar-refractivity contribution in [3.63, 3.8) is 0 Å². The van der Waals surface area contributed by atoms with E-state index >= 15 is 0 Å². The molecule has 0 N–H and O–H groups in total. The van der Waals surface area contributed by atoms with Gasteiger partial charge in [-0.1, -0.05) is 12.1 Å². The topological polar surface area (TPSA) is 100 Å². The molecule has 0 aromatic heterocycles. The first-order valence-electron chi connectivity index (χ1n) is 9.13. The van der Waals surface area contributed by atoms with Crippen LogP contribution in [0.2, 0.25) is 0 Å². The summed E-state index contributed by atoms with van der Waals surface area (Å²) in [6.07, 6.45) is 4.73. The van der Waals surface area contributed by atoms with E-state index in [4.69, 9.17) is 26.1 Å². The summed E-state index contributed by atoms with van der Waals surface area (Å²) in [5.41, 5.74) is -0.104. The molecular weight excluding hydrogens is 441 g/mol. The van der Waals surface area contributed by atoms with Gasteiger partial charge in [-0.2, -0.15) is 4.89 Å².